The number of rotatable bonds is 23. The van der Waals surface area contributed by atoms with E-state index in [4.69, 9.17) is 0 Å². The number of pyridine rings is 2. The second-order valence-electron chi connectivity index (χ2n) is 10.5. The van der Waals surface area contributed by atoms with Crippen LogP contribution in [0.3, 0.4) is 0 Å². The minimum absolute atomic E-state index is 0. The van der Waals surface area contributed by atoms with E-state index in [0.29, 0.717) is 0 Å². The Balaban J connectivity index is 0.00000684. The lowest BCUT2D eigenvalue weighted by atomic mass is 10.1. The summed E-state index contributed by atoms with van der Waals surface area (Å²) in [6.45, 7) is 8.99. The third-order valence-electron chi connectivity index (χ3n) is 7.08. The van der Waals surface area contributed by atoms with Gasteiger partial charge in [-0.05, 0) is 25.7 Å². The quantitative estimate of drug-likeness (QED) is 0.159. The zero-order chi connectivity index (χ0) is 25.5. The van der Waals surface area contributed by atoms with Crippen molar-refractivity contribution < 1.29 is 33.9 Å². The van der Waals surface area contributed by atoms with E-state index in [1.807, 2.05) is 0 Å². The average molecular weight is 568 g/mol. The van der Waals surface area contributed by atoms with Crippen LogP contribution in [0, 0.1) is 0 Å². The van der Waals surface area contributed by atoms with E-state index in [2.05, 4.69) is 82.7 Å². The fraction of sp³-hybridized carbons (Fsp3) is 0.688. The molecule has 0 amide bonds. The van der Waals surface area contributed by atoms with Gasteiger partial charge in [-0.25, -0.2) is 9.13 Å². The highest BCUT2D eigenvalue weighted by Crippen LogP contribution is 2.09. The molecule has 0 aromatic carbocycles. The molecule has 38 heavy (non-hydrogen) atoms. The van der Waals surface area contributed by atoms with Crippen molar-refractivity contribution in [2.45, 2.75) is 130 Å². The maximum absolute atomic E-state index is 3.56. The lowest BCUT2D eigenvalue weighted by molar-refractivity contribution is -0.697. The van der Waals surface area contributed by atoms with Crippen LogP contribution in [0.1, 0.15) is 117 Å². The van der Waals surface area contributed by atoms with Crippen LogP contribution in [0.15, 0.2) is 49.1 Å². The van der Waals surface area contributed by atoms with Crippen LogP contribution in [0.2, 0.25) is 0 Å². The summed E-state index contributed by atoms with van der Waals surface area (Å²) in [5.74, 6) is 0. The van der Waals surface area contributed by atoms with E-state index in [9.17, 15) is 0 Å². The van der Waals surface area contributed by atoms with Crippen molar-refractivity contribution in [1.82, 2.24) is 0 Å². The van der Waals surface area contributed by atoms with E-state index < -0.39 is 0 Å². The standard InChI is InChI=1S/C32H54N4.2ClH/c1-3-5-7-11-15-23-33-31-19-27-35(28-20-31)25-17-13-9-10-14-18-26-36-29-21-32(22-30-36)34-24-16-12-8-6-4-2;;/h19-22,27-30H,3-18,23-26H2,1-2H3;2*1H. The van der Waals surface area contributed by atoms with E-state index >= 15 is 0 Å². The van der Waals surface area contributed by atoms with E-state index in [0.717, 1.165) is 26.2 Å². The molecule has 0 spiro atoms. The van der Waals surface area contributed by atoms with Gasteiger partial charge in [-0.15, -0.1) is 0 Å². The Kier molecular flexibility index (Phi) is 24.7. The van der Waals surface area contributed by atoms with E-state index in [1.54, 1.807) is 0 Å². The molecule has 0 atom stereocenters. The zero-order valence-electron chi connectivity index (χ0n) is 24.4. The summed E-state index contributed by atoms with van der Waals surface area (Å²) in [6, 6.07) is 8.89. The molecule has 218 valence electrons. The highest BCUT2D eigenvalue weighted by molar-refractivity contribution is 5.40. The highest BCUT2D eigenvalue weighted by atomic mass is 35.5. The van der Waals surface area contributed by atoms with Crippen LogP contribution in [-0.2, 0) is 13.1 Å². The van der Waals surface area contributed by atoms with Crippen LogP contribution in [0.5, 0.6) is 0 Å². The lowest BCUT2D eigenvalue weighted by Gasteiger charge is -2.06. The summed E-state index contributed by atoms with van der Waals surface area (Å²) in [5.41, 5.74) is 2.51. The molecule has 0 saturated carbocycles. The molecule has 2 heterocycles. The predicted molar refractivity (Wildman–Crippen MR) is 155 cm³/mol. The fourth-order valence-corrected chi connectivity index (χ4v) is 4.67. The molecule has 0 aliphatic carbocycles. The molecule has 0 saturated heterocycles. The van der Waals surface area contributed by atoms with Gasteiger partial charge < -0.3 is 35.4 Å². The van der Waals surface area contributed by atoms with E-state index in [1.165, 1.54) is 114 Å². The molecule has 0 radical (unpaired) electrons. The monoisotopic (exact) mass is 566 g/mol. The summed E-state index contributed by atoms with van der Waals surface area (Å²) in [5, 5.41) is 7.11. The molecule has 2 aromatic rings. The minimum atomic E-state index is 0. The van der Waals surface area contributed by atoms with Crippen LogP contribution < -0.4 is 44.6 Å². The maximum atomic E-state index is 3.56. The van der Waals surface area contributed by atoms with Crippen molar-refractivity contribution >= 4 is 11.4 Å². The first-order valence-electron chi connectivity index (χ1n) is 15.3. The molecular formula is C32H56Cl2N4. The normalized spacial score (nSPS) is 10.5. The summed E-state index contributed by atoms with van der Waals surface area (Å²) >= 11 is 0. The minimum Gasteiger partial charge on any atom is -1.00 e. The Morgan fingerprint density at radius 1 is 0.447 bits per heavy atom. The summed E-state index contributed by atoms with van der Waals surface area (Å²) in [4.78, 5) is 0. The van der Waals surface area contributed by atoms with Crippen molar-refractivity contribution in [2.75, 3.05) is 23.7 Å². The number of aryl methyl sites for hydroxylation is 2. The first kappa shape index (κ1) is 36.5. The molecule has 0 aliphatic rings. The number of anilines is 2. The number of hydrogen-bond acceptors (Lipinski definition) is 2. The highest BCUT2D eigenvalue weighted by Gasteiger charge is 2.03. The Morgan fingerprint density at radius 2 is 0.763 bits per heavy atom. The van der Waals surface area contributed by atoms with Crippen LogP contribution in [0.4, 0.5) is 11.4 Å². The zero-order valence-corrected chi connectivity index (χ0v) is 25.9. The molecule has 0 unspecified atom stereocenters. The second-order valence-corrected chi connectivity index (χ2v) is 10.5. The first-order chi connectivity index (χ1) is 17.8. The number of halogens is 2. The Labute approximate surface area is 247 Å². The van der Waals surface area contributed by atoms with Crippen molar-refractivity contribution in [3.63, 3.8) is 0 Å². The van der Waals surface area contributed by atoms with Gasteiger partial charge in [0.25, 0.3) is 0 Å². The molecule has 2 aromatic heterocycles. The van der Waals surface area contributed by atoms with Crippen molar-refractivity contribution in [2.24, 2.45) is 0 Å². The number of aromatic nitrogens is 2. The largest absolute Gasteiger partial charge is 1.00 e. The summed E-state index contributed by atoms with van der Waals surface area (Å²) in [7, 11) is 0. The smallest absolute Gasteiger partial charge is 0.170 e. The van der Waals surface area contributed by atoms with Gasteiger partial charge in [0, 0.05) is 61.6 Å². The fourth-order valence-electron chi connectivity index (χ4n) is 4.67. The Morgan fingerprint density at radius 3 is 1.13 bits per heavy atom. The third kappa shape index (κ3) is 18.7. The van der Waals surface area contributed by atoms with Gasteiger partial charge in [-0.3, -0.25) is 0 Å². The summed E-state index contributed by atoms with van der Waals surface area (Å²) < 4.78 is 4.65. The van der Waals surface area contributed by atoms with Gasteiger partial charge in [0.2, 0.25) is 0 Å². The van der Waals surface area contributed by atoms with Crippen LogP contribution in [0.25, 0.3) is 0 Å². The Hall–Kier alpha value is -1.52. The molecular weight excluding hydrogens is 511 g/mol. The van der Waals surface area contributed by atoms with E-state index in [-0.39, 0.29) is 24.8 Å². The second kappa shape index (κ2) is 25.7. The molecule has 4 nitrogen and oxygen atoms in total. The Bertz CT molecular complexity index is 688. The van der Waals surface area contributed by atoms with Crippen LogP contribution in [-0.4, -0.2) is 13.1 Å². The molecule has 2 N–H and O–H groups in total. The number of hydrogen-bond donors (Lipinski definition) is 2. The third-order valence-corrected chi connectivity index (χ3v) is 7.08. The molecule has 2 rings (SSSR count). The molecule has 0 fully saturated rings. The molecule has 6 heteroatoms. The SMILES string of the molecule is CCCCCCCNc1cc[n+](CCCCCCCC[n+]2ccc(NCCCCCCC)cc2)cc1.[Cl-].[Cl-]. The van der Waals surface area contributed by atoms with Gasteiger partial charge in [-0.1, -0.05) is 78.1 Å². The maximum Gasteiger partial charge on any atom is 0.170 e. The predicted octanol–water partition coefficient (Wildman–Crippen LogP) is 2.08. The van der Waals surface area contributed by atoms with Gasteiger partial charge in [-0.2, -0.15) is 0 Å². The molecule has 0 aliphatic heterocycles. The van der Waals surface area contributed by atoms with Crippen molar-refractivity contribution in [3.05, 3.63) is 49.1 Å². The van der Waals surface area contributed by atoms with Gasteiger partial charge in [0.15, 0.2) is 24.8 Å². The lowest BCUT2D eigenvalue weighted by Crippen LogP contribution is -3.00. The van der Waals surface area contributed by atoms with Gasteiger partial charge in [0.05, 0.1) is 0 Å². The topological polar surface area (TPSA) is 31.8 Å². The van der Waals surface area contributed by atoms with Gasteiger partial charge >= 0.3 is 0 Å². The van der Waals surface area contributed by atoms with Gasteiger partial charge in [0.1, 0.15) is 13.1 Å². The average Bonchev–Trinajstić information content (AvgIpc) is 2.91. The first-order valence-corrected chi connectivity index (χ1v) is 15.3. The van der Waals surface area contributed by atoms with Crippen molar-refractivity contribution in [1.29, 1.82) is 0 Å². The number of nitrogens with zero attached hydrogens (tertiary/aromatic N) is 2. The number of nitrogens with one attached hydrogen (secondary N) is 2. The van der Waals surface area contributed by atoms with Crippen molar-refractivity contribution in [3.8, 4) is 0 Å². The number of unbranched alkanes of at least 4 members (excludes halogenated alkanes) is 13. The molecule has 0 bridgehead atoms. The summed E-state index contributed by atoms with van der Waals surface area (Å²) in [6.07, 6.45) is 30.2. The van der Waals surface area contributed by atoms with Crippen LogP contribution >= 0.6 is 0 Å².